The van der Waals surface area contributed by atoms with Crippen molar-refractivity contribution in [2.24, 2.45) is 23.7 Å². The van der Waals surface area contributed by atoms with Crippen LogP contribution in [0.15, 0.2) is 79.9 Å². The van der Waals surface area contributed by atoms with Crippen molar-refractivity contribution in [3.63, 3.8) is 0 Å². The lowest BCUT2D eigenvalue weighted by Gasteiger charge is -2.27. The third-order valence-corrected chi connectivity index (χ3v) is 12.7. The maximum atomic E-state index is 13.4. The van der Waals surface area contributed by atoms with Gasteiger partial charge in [-0.05, 0) is 195 Å². The first-order chi connectivity index (χ1) is 33.3. The summed E-state index contributed by atoms with van der Waals surface area (Å²) in [6.07, 6.45) is 13.3. The minimum atomic E-state index is -0.408. The van der Waals surface area contributed by atoms with E-state index in [0.29, 0.717) is 129 Å². The van der Waals surface area contributed by atoms with Gasteiger partial charge in [0, 0.05) is 12.2 Å². The third kappa shape index (κ3) is 17.5. The van der Waals surface area contributed by atoms with Crippen molar-refractivity contribution in [1.29, 1.82) is 0 Å². The molecule has 2 aliphatic rings. The van der Waals surface area contributed by atoms with Crippen LogP contribution in [0.3, 0.4) is 0 Å². The Morgan fingerprint density at radius 1 is 0.449 bits per heavy atom. The quantitative estimate of drug-likeness (QED) is 0.0321. The summed E-state index contributed by atoms with van der Waals surface area (Å²) < 4.78 is 44.8. The number of rotatable bonds is 26. The number of hydrogen-bond acceptors (Lipinski definition) is 14. The Labute approximate surface area is 406 Å². The first kappa shape index (κ1) is 53.5. The molecule has 0 spiro atoms. The van der Waals surface area contributed by atoms with Crippen LogP contribution in [-0.4, -0.2) is 62.2 Å². The topological polar surface area (TPSA) is 176 Å². The average molecular weight is 953 g/mol. The fourth-order valence-corrected chi connectivity index (χ4v) is 8.36. The van der Waals surface area contributed by atoms with Crippen LogP contribution in [-0.2, 0) is 38.2 Å². The molecule has 5 rings (SSSR count). The molecule has 3 aromatic carbocycles. The van der Waals surface area contributed by atoms with Gasteiger partial charge in [0.05, 0.1) is 50.1 Å². The third-order valence-electron chi connectivity index (χ3n) is 12.7. The van der Waals surface area contributed by atoms with Crippen LogP contribution in [0.25, 0.3) is 0 Å². The summed E-state index contributed by atoms with van der Waals surface area (Å²) in [6.45, 7) is 14.1. The molecule has 0 radical (unpaired) electrons. The van der Waals surface area contributed by atoms with E-state index in [1.807, 2.05) is 20.8 Å². The van der Waals surface area contributed by atoms with Crippen LogP contribution >= 0.6 is 0 Å². The van der Waals surface area contributed by atoms with Crippen molar-refractivity contribution < 1.29 is 66.7 Å². The summed E-state index contributed by atoms with van der Waals surface area (Å²) in [5.74, 6) is -0.539. The smallest absolute Gasteiger partial charge is 0.330 e. The maximum Gasteiger partial charge on any atom is 0.330 e. The number of ether oxygens (including phenoxy) is 8. The molecule has 0 heterocycles. The van der Waals surface area contributed by atoms with Crippen molar-refractivity contribution in [3.05, 3.63) is 96.6 Å². The van der Waals surface area contributed by atoms with Gasteiger partial charge in [0.1, 0.15) is 34.5 Å². The second-order valence-electron chi connectivity index (χ2n) is 17.8. The molecule has 0 bridgehead atoms. The number of hydrogen-bond donors (Lipinski definition) is 0. The molecule has 3 aromatic rings. The predicted molar refractivity (Wildman–Crippen MR) is 257 cm³/mol. The zero-order valence-electron chi connectivity index (χ0n) is 40.4. The van der Waals surface area contributed by atoms with E-state index in [1.165, 1.54) is 0 Å². The molecule has 0 aromatic heterocycles. The highest BCUT2D eigenvalue weighted by atomic mass is 16.6. The molecule has 2 aliphatic carbocycles. The van der Waals surface area contributed by atoms with E-state index in [2.05, 4.69) is 13.2 Å². The first-order valence-corrected chi connectivity index (χ1v) is 24.4. The molecular formula is C55H68O14. The molecular weight excluding hydrogens is 885 g/mol. The number of unbranched alkanes of at least 4 members (excludes halogenated alkanes) is 6. The van der Waals surface area contributed by atoms with Crippen LogP contribution in [0.2, 0.25) is 0 Å². The lowest BCUT2D eigenvalue weighted by molar-refractivity contribution is -0.145. The summed E-state index contributed by atoms with van der Waals surface area (Å²) in [4.78, 5) is 75.0. The normalized spacial score (nSPS) is 17.6. The average Bonchev–Trinajstić information content (AvgIpc) is 3.36. The highest BCUT2D eigenvalue weighted by molar-refractivity contribution is 5.82. The minimum Gasteiger partial charge on any atom is -0.494 e. The Morgan fingerprint density at radius 3 is 1.16 bits per heavy atom. The predicted octanol–water partition coefficient (Wildman–Crippen LogP) is 10.6. The summed E-state index contributed by atoms with van der Waals surface area (Å²) in [5, 5.41) is 0. The van der Waals surface area contributed by atoms with E-state index in [9.17, 15) is 28.8 Å². The summed E-state index contributed by atoms with van der Waals surface area (Å²) in [6, 6.07) is 15.6. The fourth-order valence-electron chi connectivity index (χ4n) is 8.36. The number of benzene rings is 3. The van der Waals surface area contributed by atoms with Crippen LogP contribution in [0.1, 0.15) is 119 Å². The molecule has 0 amide bonds. The summed E-state index contributed by atoms with van der Waals surface area (Å²) in [5.41, 5.74) is 2.05. The van der Waals surface area contributed by atoms with Crippen molar-refractivity contribution >= 4 is 35.8 Å². The van der Waals surface area contributed by atoms with E-state index in [-0.39, 0.29) is 47.5 Å². The Hall–Kier alpha value is -6.44. The molecule has 2 saturated carbocycles. The first-order valence-electron chi connectivity index (χ1n) is 24.4. The molecule has 69 heavy (non-hydrogen) atoms. The molecule has 2 fully saturated rings. The van der Waals surface area contributed by atoms with E-state index in [1.54, 1.807) is 54.6 Å². The summed E-state index contributed by atoms with van der Waals surface area (Å²) >= 11 is 0. The van der Waals surface area contributed by atoms with E-state index < -0.39 is 11.9 Å². The molecule has 0 atom stereocenters. The molecule has 372 valence electrons. The zero-order chi connectivity index (χ0) is 49.5. The Bertz CT molecular complexity index is 2200. The van der Waals surface area contributed by atoms with Gasteiger partial charge in [-0.1, -0.05) is 13.2 Å². The van der Waals surface area contributed by atoms with Crippen molar-refractivity contribution in [2.45, 2.75) is 124 Å². The molecule has 14 nitrogen and oxygen atoms in total. The molecule has 14 heteroatoms. The molecule has 0 saturated heterocycles. The van der Waals surface area contributed by atoms with Crippen LogP contribution in [0.5, 0.6) is 34.5 Å². The zero-order valence-corrected chi connectivity index (χ0v) is 40.4. The van der Waals surface area contributed by atoms with E-state index in [0.717, 1.165) is 63.5 Å². The van der Waals surface area contributed by atoms with Gasteiger partial charge >= 0.3 is 35.8 Å². The standard InChI is InChI=1S/C55H68O14/c1-6-49(56)64-34-14-10-8-12-32-62-44-24-28-46(29-25-44)66-52(58)40-16-20-42(21-17-40)54(60)68-48-36-37(3)51(39(5)38(48)4)69-55(61)43-22-18-41(19-23-43)53(59)67-47-30-26-45(27-31-47)63-33-13-9-11-15-35-65-50(57)7-2/h6-7,24-31,36,40-43H,1-2,8-23,32-35H2,3-5H3. The fraction of sp³-hybridized carbons (Fsp3) is 0.491. The van der Waals surface area contributed by atoms with Crippen LogP contribution in [0.4, 0.5) is 0 Å². The van der Waals surface area contributed by atoms with Gasteiger partial charge in [0.15, 0.2) is 0 Å². The number of carbonyl (C=O) groups is 6. The van der Waals surface area contributed by atoms with Crippen molar-refractivity contribution in [3.8, 4) is 34.5 Å². The van der Waals surface area contributed by atoms with Crippen molar-refractivity contribution in [1.82, 2.24) is 0 Å². The highest BCUT2D eigenvalue weighted by Gasteiger charge is 2.34. The molecule has 0 unspecified atom stereocenters. The molecule has 0 aliphatic heterocycles. The lowest BCUT2D eigenvalue weighted by Crippen LogP contribution is -2.31. The number of aryl methyl sites for hydroxylation is 1. The van der Waals surface area contributed by atoms with E-state index in [4.69, 9.17) is 37.9 Å². The number of esters is 6. The lowest BCUT2D eigenvalue weighted by atomic mass is 9.82. The van der Waals surface area contributed by atoms with Gasteiger partial charge < -0.3 is 37.9 Å². The van der Waals surface area contributed by atoms with Gasteiger partial charge in [0.25, 0.3) is 0 Å². The monoisotopic (exact) mass is 952 g/mol. The second-order valence-corrected chi connectivity index (χ2v) is 17.8. The number of carbonyl (C=O) groups excluding carboxylic acids is 6. The van der Waals surface area contributed by atoms with Gasteiger partial charge in [-0.15, -0.1) is 0 Å². The summed E-state index contributed by atoms with van der Waals surface area (Å²) in [7, 11) is 0. The second kappa shape index (κ2) is 28.1. The van der Waals surface area contributed by atoms with Gasteiger partial charge in [-0.2, -0.15) is 0 Å². The molecule has 0 N–H and O–H groups in total. The van der Waals surface area contributed by atoms with Gasteiger partial charge in [0.2, 0.25) is 0 Å². The largest absolute Gasteiger partial charge is 0.494 e. The van der Waals surface area contributed by atoms with Gasteiger partial charge in [-0.3, -0.25) is 19.2 Å². The van der Waals surface area contributed by atoms with Crippen LogP contribution in [0, 0.1) is 44.4 Å². The maximum absolute atomic E-state index is 13.4. The highest BCUT2D eigenvalue weighted by Crippen LogP contribution is 2.38. The Morgan fingerprint density at radius 2 is 0.783 bits per heavy atom. The Kier molecular flexibility index (Phi) is 21.8. The minimum absolute atomic E-state index is 0.329. The Balaban J connectivity index is 0.970. The van der Waals surface area contributed by atoms with Crippen LogP contribution < -0.4 is 28.4 Å². The van der Waals surface area contributed by atoms with Crippen molar-refractivity contribution in [2.75, 3.05) is 26.4 Å². The van der Waals surface area contributed by atoms with Gasteiger partial charge in [-0.25, -0.2) is 9.59 Å². The van der Waals surface area contributed by atoms with E-state index >= 15 is 0 Å². The SMILES string of the molecule is C=CC(=O)OCCCCCCOc1ccc(OC(=O)C2CCC(C(=O)Oc3cc(C)c(OC(=O)C4CCC(C(=O)Oc5ccc(OCCCCCCOC(=O)C=C)cc5)CC4)c(C)c3C)CC2)cc1.